The summed E-state index contributed by atoms with van der Waals surface area (Å²) in [5.41, 5.74) is 7.42. The van der Waals surface area contributed by atoms with Crippen LogP contribution in [0.2, 0.25) is 0 Å². The molecular formula is C18H20F3N3O3. The monoisotopic (exact) mass is 383 g/mol. The molecule has 0 spiro atoms. The molecule has 3 amide bonds. The largest absolute Gasteiger partial charge is 0.390 e. The third-order valence-corrected chi connectivity index (χ3v) is 5.06. The zero-order valence-corrected chi connectivity index (χ0v) is 14.6. The third kappa shape index (κ3) is 4.23. The van der Waals surface area contributed by atoms with Crippen LogP contribution >= 0.6 is 0 Å². The highest BCUT2D eigenvalue weighted by Gasteiger charge is 2.40. The van der Waals surface area contributed by atoms with Gasteiger partial charge in [-0.25, -0.2) is 0 Å². The SMILES string of the molecule is NC(=O)c1ccc2c(c1)CN(C(=O)C1CCC(=O)N1CCC(F)(F)F)CC2. The normalized spacial score (nSPS) is 20.0. The van der Waals surface area contributed by atoms with Crippen LogP contribution in [0.25, 0.3) is 0 Å². The molecule has 0 aliphatic carbocycles. The molecule has 2 heterocycles. The number of rotatable bonds is 4. The van der Waals surface area contributed by atoms with Gasteiger partial charge in [0.1, 0.15) is 6.04 Å². The molecule has 146 valence electrons. The third-order valence-electron chi connectivity index (χ3n) is 5.06. The highest BCUT2D eigenvalue weighted by Crippen LogP contribution is 2.28. The second-order valence-corrected chi connectivity index (χ2v) is 6.86. The van der Waals surface area contributed by atoms with Crippen molar-refractivity contribution in [3.05, 3.63) is 34.9 Å². The van der Waals surface area contributed by atoms with Crippen LogP contribution < -0.4 is 5.73 Å². The maximum absolute atomic E-state index is 12.9. The predicted molar refractivity (Wildman–Crippen MR) is 89.5 cm³/mol. The number of nitrogens with two attached hydrogens (primary N) is 1. The smallest absolute Gasteiger partial charge is 0.366 e. The number of likely N-dealkylation sites (tertiary alicyclic amines) is 1. The molecule has 2 aliphatic rings. The lowest BCUT2D eigenvalue weighted by Crippen LogP contribution is -2.49. The minimum absolute atomic E-state index is 0.0739. The van der Waals surface area contributed by atoms with Crippen LogP contribution in [0.5, 0.6) is 0 Å². The van der Waals surface area contributed by atoms with E-state index < -0.39 is 37.0 Å². The van der Waals surface area contributed by atoms with E-state index in [-0.39, 0.29) is 25.3 Å². The Morgan fingerprint density at radius 1 is 1.19 bits per heavy atom. The van der Waals surface area contributed by atoms with E-state index in [2.05, 4.69) is 0 Å². The van der Waals surface area contributed by atoms with Crippen molar-refractivity contribution < 1.29 is 27.6 Å². The summed E-state index contributed by atoms with van der Waals surface area (Å²) < 4.78 is 37.5. The molecule has 9 heteroatoms. The Hall–Kier alpha value is -2.58. The lowest BCUT2D eigenvalue weighted by Gasteiger charge is -2.34. The summed E-state index contributed by atoms with van der Waals surface area (Å²) in [5.74, 6) is -1.34. The standard InChI is InChI=1S/C18H20F3N3O3/c19-18(20,21)6-8-24-14(3-4-15(24)25)17(27)23-7-5-11-1-2-12(16(22)26)9-13(11)10-23/h1-2,9,14H,3-8,10H2,(H2,22,26). The van der Waals surface area contributed by atoms with E-state index in [0.29, 0.717) is 18.5 Å². The van der Waals surface area contributed by atoms with Crippen molar-refractivity contribution in [2.45, 2.75) is 44.4 Å². The zero-order valence-electron chi connectivity index (χ0n) is 14.6. The van der Waals surface area contributed by atoms with Crippen LogP contribution in [0.15, 0.2) is 18.2 Å². The number of hydrogen-bond donors (Lipinski definition) is 1. The number of amides is 3. The topological polar surface area (TPSA) is 83.7 Å². The summed E-state index contributed by atoms with van der Waals surface area (Å²) in [4.78, 5) is 38.7. The first kappa shape index (κ1) is 19.2. The Morgan fingerprint density at radius 3 is 2.59 bits per heavy atom. The molecule has 0 bridgehead atoms. The molecule has 27 heavy (non-hydrogen) atoms. The minimum atomic E-state index is -4.38. The van der Waals surface area contributed by atoms with Gasteiger partial charge in [0, 0.05) is 31.6 Å². The summed E-state index contributed by atoms with van der Waals surface area (Å²) in [6.45, 7) is 0.154. The second kappa shape index (κ2) is 7.21. The van der Waals surface area contributed by atoms with Crippen molar-refractivity contribution in [2.75, 3.05) is 13.1 Å². The van der Waals surface area contributed by atoms with Crippen LogP contribution in [0.3, 0.4) is 0 Å². The van der Waals surface area contributed by atoms with Gasteiger partial charge in [-0.2, -0.15) is 13.2 Å². The van der Waals surface area contributed by atoms with Crippen LogP contribution in [-0.2, 0) is 22.6 Å². The quantitative estimate of drug-likeness (QED) is 0.858. The van der Waals surface area contributed by atoms with E-state index >= 15 is 0 Å². The molecule has 0 radical (unpaired) electrons. The van der Waals surface area contributed by atoms with Gasteiger partial charge < -0.3 is 15.5 Å². The Bertz CT molecular complexity index is 779. The summed E-state index contributed by atoms with van der Waals surface area (Å²) in [6.07, 6.45) is -4.65. The van der Waals surface area contributed by atoms with Gasteiger partial charge in [-0.1, -0.05) is 6.07 Å². The van der Waals surface area contributed by atoms with E-state index in [9.17, 15) is 27.6 Å². The highest BCUT2D eigenvalue weighted by atomic mass is 19.4. The highest BCUT2D eigenvalue weighted by molar-refractivity contribution is 5.93. The number of hydrogen-bond acceptors (Lipinski definition) is 3. The average molecular weight is 383 g/mol. The number of fused-ring (bicyclic) bond motifs is 1. The summed E-state index contributed by atoms with van der Waals surface area (Å²) in [5, 5.41) is 0. The number of nitrogens with zero attached hydrogens (tertiary/aromatic N) is 2. The Kier molecular flexibility index (Phi) is 5.12. The average Bonchev–Trinajstić information content (AvgIpc) is 2.98. The lowest BCUT2D eigenvalue weighted by atomic mass is 9.96. The summed E-state index contributed by atoms with van der Waals surface area (Å²) in [7, 11) is 0. The molecule has 6 nitrogen and oxygen atoms in total. The number of halogens is 3. The molecule has 1 saturated heterocycles. The van der Waals surface area contributed by atoms with Gasteiger partial charge in [0.2, 0.25) is 17.7 Å². The van der Waals surface area contributed by atoms with E-state index in [1.165, 1.54) is 4.90 Å². The van der Waals surface area contributed by atoms with Crippen molar-refractivity contribution in [1.29, 1.82) is 0 Å². The van der Waals surface area contributed by atoms with Crippen molar-refractivity contribution in [1.82, 2.24) is 9.80 Å². The maximum atomic E-state index is 12.9. The van der Waals surface area contributed by atoms with Gasteiger partial charge in [0.05, 0.1) is 6.42 Å². The van der Waals surface area contributed by atoms with Crippen LogP contribution in [0, 0.1) is 0 Å². The fourth-order valence-corrected chi connectivity index (χ4v) is 3.63. The molecule has 2 aliphatic heterocycles. The first-order chi connectivity index (χ1) is 12.7. The van der Waals surface area contributed by atoms with Crippen molar-refractivity contribution in [3.63, 3.8) is 0 Å². The van der Waals surface area contributed by atoms with Crippen LogP contribution in [0.1, 0.15) is 40.7 Å². The summed E-state index contributed by atoms with van der Waals surface area (Å²) in [6, 6.07) is 4.21. The van der Waals surface area contributed by atoms with Crippen molar-refractivity contribution in [2.24, 2.45) is 5.73 Å². The predicted octanol–water partition coefficient (Wildman–Crippen LogP) is 1.61. The molecule has 3 rings (SSSR count). The lowest BCUT2D eigenvalue weighted by molar-refractivity contribution is -0.151. The molecule has 1 atom stereocenters. The van der Waals surface area contributed by atoms with Gasteiger partial charge in [0.15, 0.2) is 0 Å². The van der Waals surface area contributed by atoms with Gasteiger partial charge >= 0.3 is 6.18 Å². The van der Waals surface area contributed by atoms with Gasteiger partial charge in [-0.3, -0.25) is 14.4 Å². The van der Waals surface area contributed by atoms with Gasteiger partial charge in [-0.15, -0.1) is 0 Å². The molecule has 1 unspecified atom stereocenters. The minimum Gasteiger partial charge on any atom is -0.366 e. The van der Waals surface area contributed by atoms with Gasteiger partial charge in [0.25, 0.3) is 0 Å². The van der Waals surface area contributed by atoms with Crippen molar-refractivity contribution >= 4 is 17.7 Å². The van der Waals surface area contributed by atoms with Crippen LogP contribution in [-0.4, -0.2) is 52.8 Å². The Morgan fingerprint density at radius 2 is 1.93 bits per heavy atom. The number of primary amides is 1. The molecule has 1 aromatic rings. The van der Waals surface area contributed by atoms with E-state index in [1.54, 1.807) is 18.2 Å². The fraction of sp³-hybridized carbons (Fsp3) is 0.500. The van der Waals surface area contributed by atoms with E-state index in [0.717, 1.165) is 16.0 Å². The molecule has 2 N–H and O–H groups in total. The molecule has 0 saturated carbocycles. The summed E-state index contributed by atoms with van der Waals surface area (Å²) >= 11 is 0. The zero-order chi connectivity index (χ0) is 19.8. The first-order valence-electron chi connectivity index (χ1n) is 8.72. The Balaban J connectivity index is 1.73. The maximum Gasteiger partial charge on any atom is 0.390 e. The number of carbonyl (C=O) groups excluding carboxylic acids is 3. The van der Waals surface area contributed by atoms with Crippen LogP contribution in [0.4, 0.5) is 13.2 Å². The Labute approximate surface area is 154 Å². The fourth-order valence-electron chi connectivity index (χ4n) is 3.63. The number of carbonyl (C=O) groups is 3. The first-order valence-corrected chi connectivity index (χ1v) is 8.72. The van der Waals surface area contributed by atoms with Crippen molar-refractivity contribution in [3.8, 4) is 0 Å². The van der Waals surface area contributed by atoms with E-state index in [4.69, 9.17) is 5.73 Å². The second-order valence-electron chi connectivity index (χ2n) is 6.86. The molecule has 0 aromatic heterocycles. The van der Waals surface area contributed by atoms with Gasteiger partial charge in [-0.05, 0) is 36.1 Å². The van der Waals surface area contributed by atoms with E-state index in [1.807, 2.05) is 0 Å². The number of benzene rings is 1. The molecule has 1 fully saturated rings. The molecular weight excluding hydrogens is 363 g/mol. The molecule has 1 aromatic carbocycles. The number of alkyl halides is 3.